The molecule has 21 heavy (non-hydrogen) atoms. The summed E-state index contributed by atoms with van der Waals surface area (Å²) >= 11 is 0. The molecular weight excluding hydrogens is 266 g/mol. The molecule has 0 saturated carbocycles. The molecule has 0 aromatic heterocycles. The minimum absolute atomic E-state index is 0.0902. The summed E-state index contributed by atoms with van der Waals surface area (Å²) < 4.78 is 10.6. The van der Waals surface area contributed by atoms with Crippen molar-refractivity contribution in [3.8, 4) is 11.5 Å². The zero-order valence-corrected chi connectivity index (χ0v) is 12.5. The topological polar surface area (TPSA) is 38.8 Å². The summed E-state index contributed by atoms with van der Waals surface area (Å²) in [5, 5.41) is 0. The Balaban J connectivity index is 1.71. The summed E-state index contributed by atoms with van der Waals surface area (Å²) in [6.07, 6.45) is 6.90. The van der Waals surface area contributed by atoms with Gasteiger partial charge in [0.1, 0.15) is 0 Å². The van der Waals surface area contributed by atoms with Gasteiger partial charge in [0.25, 0.3) is 0 Å². The Morgan fingerprint density at radius 3 is 2.67 bits per heavy atom. The van der Waals surface area contributed by atoms with Gasteiger partial charge in [-0.15, -0.1) is 0 Å². The summed E-state index contributed by atoms with van der Waals surface area (Å²) in [4.78, 5) is 14.4. The molecule has 1 saturated heterocycles. The smallest absolute Gasteiger partial charge is 0.247 e. The maximum Gasteiger partial charge on any atom is 0.247 e. The molecule has 1 aromatic carbocycles. The molecule has 0 radical (unpaired) electrons. The quantitative estimate of drug-likeness (QED) is 0.784. The number of piperidine rings is 1. The van der Waals surface area contributed by atoms with Crippen LogP contribution in [-0.4, -0.2) is 29.7 Å². The van der Waals surface area contributed by atoms with Crippen LogP contribution in [-0.2, 0) is 4.79 Å². The first-order valence-corrected chi connectivity index (χ1v) is 7.55. The van der Waals surface area contributed by atoms with E-state index < -0.39 is 0 Å². The number of rotatable bonds is 2. The summed E-state index contributed by atoms with van der Waals surface area (Å²) in [6.45, 7) is 4.52. The molecule has 112 valence electrons. The Kier molecular flexibility index (Phi) is 3.86. The average molecular weight is 287 g/mol. The zero-order valence-electron chi connectivity index (χ0n) is 12.5. The van der Waals surface area contributed by atoms with Crippen molar-refractivity contribution >= 4 is 12.0 Å². The summed E-state index contributed by atoms with van der Waals surface area (Å²) in [7, 11) is 0. The fourth-order valence-corrected chi connectivity index (χ4v) is 3.13. The molecule has 1 fully saturated rings. The van der Waals surface area contributed by atoms with Crippen molar-refractivity contribution in [3.63, 3.8) is 0 Å². The minimum Gasteiger partial charge on any atom is -0.454 e. The molecule has 2 unspecified atom stereocenters. The first-order valence-electron chi connectivity index (χ1n) is 7.55. The van der Waals surface area contributed by atoms with Gasteiger partial charge in [0.15, 0.2) is 11.5 Å². The van der Waals surface area contributed by atoms with Gasteiger partial charge in [-0.3, -0.25) is 4.79 Å². The monoisotopic (exact) mass is 287 g/mol. The molecule has 1 amide bonds. The van der Waals surface area contributed by atoms with Crippen molar-refractivity contribution < 1.29 is 14.3 Å². The predicted molar refractivity (Wildman–Crippen MR) is 81.2 cm³/mol. The number of hydrogen-bond donors (Lipinski definition) is 0. The van der Waals surface area contributed by atoms with Crippen LogP contribution in [0.5, 0.6) is 11.5 Å². The lowest BCUT2D eigenvalue weighted by molar-refractivity contribution is -0.131. The highest BCUT2D eigenvalue weighted by atomic mass is 16.7. The van der Waals surface area contributed by atoms with E-state index in [0.717, 1.165) is 29.9 Å². The summed E-state index contributed by atoms with van der Waals surface area (Å²) in [5.74, 6) is 1.59. The first kappa shape index (κ1) is 14.0. The Bertz CT molecular complexity index is 557. The number of ether oxygens (including phenoxy) is 2. The molecule has 3 rings (SSSR count). The van der Waals surface area contributed by atoms with Gasteiger partial charge < -0.3 is 14.4 Å². The van der Waals surface area contributed by atoms with Crippen LogP contribution in [0.2, 0.25) is 0 Å². The number of fused-ring (bicyclic) bond motifs is 1. The van der Waals surface area contributed by atoms with Crippen LogP contribution in [0.25, 0.3) is 6.08 Å². The standard InChI is InChI=1S/C17H21NO3/c1-12-4-3-5-13(2)18(12)17(19)9-7-14-6-8-15-16(10-14)21-11-20-15/h6-10,12-13H,3-5,11H2,1-2H3/b9-7+. The molecule has 0 bridgehead atoms. The number of amides is 1. The van der Waals surface area contributed by atoms with Crippen molar-refractivity contribution in [2.75, 3.05) is 6.79 Å². The number of carbonyl (C=O) groups excluding carboxylic acids is 1. The highest BCUT2D eigenvalue weighted by Crippen LogP contribution is 2.32. The molecule has 0 aliphatic carbocycles. The summed E-state index contributed by atoms with van der Waals surface area (Å²) in [6, 6.07) is 6.35. The van der Waals surface area contributed by atoms with Crippen molar-refractivity contribution in [2.24, 2.45) is 0 Å². The first-order chi connectivity index (χ1) is 10.1. The molecule has 2 heterocycles. The van der Waals surface area contributed by atoms with E-state index in [9.17, 15) is 4.79 Å². The van der Waals surface area contributed by atoms with Crippen LogP contribution in [0, 0.1) is 0 Å². The molecule has 1 aromatic rings. The third-order valence-corrected chi connectivity index (χ3v) is 4.26. The van der Waals surface area contributed by atoms with E-state index in [1.54, 1.807) is 6.08 Å². The fraction of sp³-hybridized carbons (Fsp3) is 0.471. The van der Waals surface area contributed by atoms with Gasteiger partial charge in [0, 0.05) is 18.2 Å². The minimum atomic E-state index is 0.0902. The van der Waals surface area contributed by atoms with Gasteiger partial charge in [0.05, 0.1) is 0 Å². The second-order valence-electron chi connectivity index (χ2n) is 5.82. The van der Waals surface area contributed by atoms with Crippen molar-refractivity contribution in [1.29, 1.82) is 0 Å². The number of benzene rings is 1. The number of hydrogen-bond acceptors (Lipinski definition) is 3. The molecule has 4 nitrogen and oxygen atoms in total. The fourth-order valence-electron chi connectivity index (χ4n) is 3.13. The van der Waals surface area contributed by atoms with Crippen LogP contribution in [0.3, 0.4) is 0 Å². The van der Waals surface area contributed by atoms with E-state index in [-0.39, 0.29) is 12.7 Å². The molecule has 0 spiro atoms. The lowest BCUT2D eigenvalue weighted by Gasteiger charge is -2.38. The molecule has 2 aliphatic heterocycles. The van der Waals surface area contributed by atoms with Gasteiger partial charge in [0.2, 0.25) is 12.7 Å². The lowest BCUT2D eigenvalue weighted by atomic mass is 9.97. The Labute approximate surface area is 125 Å². The highest BCUT2D eigenvalue weighted by molar-refractivity contribution is 5.92. The Morgan fingerprint density at radius 2 is 1.90 bits per heavy atom. The SMILES string of the molecule is CC1CCCC(C)N1C(=O)/C=C/c1ccc2c(c1)OCO2. The normalized spacial score (nSPS) is 24.6. The van der Waals surface area contributed by atoms with Crippen LogP contribution < -0.4 is 9.47 Å². The van der Waals surface area contributed by atoms with Gasteiger partial charge >= 0.3 is 0 Å². The van der Waals surface area contributed by atoms with Gasteiger partial charge in [-0.25, -0.2) is 0 Å². The maximum atomic E-state index is 12.4. The lowest BCUT2D eigenvalue weighted by Crippen LogP contribution is -2.46. The number of likely N-dealkylation sites (tertiary alicyclic amines) is 1. The van der Waals surface area contributed by atoms with E-state index >= 15 is 0 Å². The van der Waals surface area contributed by atoms with Gasteiger partial charge in [-0.1, -0.05) is 6.07 Å². The molecule has 4 heteroatoms. The molecule has 2 atom stereocenters. The Morgan fingerprint density at radius 1 is 1.19 bits per heavy atom. The van der Waals surface area contributed by atoms with Gasteiger partial charge in [-0.05, 0) is 56.9 Å². The van der Waals surface area contributed by atoms with Crippen molar-refractivity contribution in [3.05, 3.63) is 29.8 Å². The summed E-state index contributed by atoms with van der Waals surface area (Å²) in [5.41, 5.74) is 0.949. The van der Waals surface area contributed by atoms with E-state index in [2.05, 4.69) is 13.8 Å². The zero-order chi connectivity index (χ0) is 14.8. The Hall–Kier alpha value is -1.97. The largest absolute Gasteiger partial charge is 0.454 e. The van der Waals surface area contributed by atoms with Gasteiger partial charge in [-0.2, -0.15) is 0 Å². The maximum absolute atomic E-state index is 12.4. The van der Waals surface area contributed by atoms with Crippen LogP contribution in [0.4, 0.5) is 0 Å². The third-order valence-electron chi connectivity index (χ3n) is 4.26. The number of nitrogens with zero attached hydrogens (tertiary/aromatic N) is 1. The molecule has 0 N–H and O–H groups in total. The van der Waals surface area contributed by atoms with Crippen molar-refractivity contribution in [1.82, 2.24) is 4.90 Å². The van der Waals surface area contributed by atoms with Crippen LogP contribution in [0.15, 0.2) is 24.3 Å². The average Bonchev–Trinajstić information content (AvgIpc) is 2.92. The highest BCUT2D eigenvalue weighted by Gasteiger charge is 2.27. The second-order valence-corrected chi connectivity index (χ2v) is 5.82. The van der Waals surface area contributed by atoms with Crippen LogP contribution >= 0.6 is 0 Å². The van der Waals surface area contributed by atoms with E-state index in [4.69, 9.17) is 9.47 Å². The van der Waals surface area contributed by atoms with Crippen LogP contribution in [0.1, 0.15) is 38.7 Å². The second kappa shape index (κ2) is 5.80. The van der Waals surface area contributed by atoms with E-state index in [1.165, 1.54) is 6.42 Å². The predicted octanol–water partition coefficient (Wildman–Crippen LogP) is 3.22. The number of carbonyl (C=O) groups is 1. The van der Waals surface area contributed by atoms with E-state index in [0.29, 0.717) is 12.1 Å². The van der Waals surface area contributed by atoms with E-state index in [1.807, 2.05) is 29.2 Å². The molecule has 2 aliphatic rings. The molecular formula is C17H21NO3. The van der Waals surface area contributed by atoms with Crippen molar-refractivity contribution in [2.45, 2.75) is 45.2 Å². The third kappa shape index (κ3) is 2.89.